The van der Waals surface area contributed by atoms with Crippen LogP contribution in [0.25, 0.3) is 0 Å². The summed E-state index contributed by atoms with van der Waals surface area (Å²) in [6.07, 6.45) is 7.47. The fourth-order valence-corrected chi connectivity index (χ4v) is 2.91. The van der Waals surface area contributed by atoms with Gasteiger partial charge in [0, 0.05) is 19.3 Å². The summed E-state index contributed by atoms with van der Waals surface area (Å²) in [6, 6.07) is 3.45. The molecule has 0 aromatic carbocycles. The van der Waals surface area contributed by atoms with Crippen LogP contribution in [0.15, 0.2) is 35.2 Å². The summed E-state index contributed by atoms with van der Waals surface area (Å²) in [7, 11) is 3.89. The van der Waals surface area contributed by atoms with Crippen LogP contribution in [0.4, 0.5) is 10.5 Å². The van der Waals surface area contributed by atoms with E-state index in [0.29, 0.717) is 18.8 Å². The van der Waals surface area contributed by atoms with Crippen LogP contribution in [-0.2, 0) is 11.3 Å². The van der Waals surface area contributed by atoms with Gasteiger partial charge in [-0.3, -0.25) is 9.58 Å². The van der Waals surface area contributed by atoms with Crippen molar-refractivity contribution in [3.8, 4) is 0 Å². The van der Waals surface area contributed by atoms with Gasteiger partial charge in [-0.25, -0.2) is 4.79 Å². The molecule has 1 aliphatic rings. The topological polar surface area (TPSA) is 84.6 Å². The molecule has 2 N–H and O–H groups in total. The van der Waals surface area contributed by atoms with Gasteiger partial charge in [0.2, 0.25) is 0 Å². The van der Waals surface area contributed by atoms with Gasteiger partial charge in [0.25, 0.3) is 0 Å². The van der Waals surface area contributed by atoms with E-state index in [1.165, 1.54) is 0 Å². The predicted molar refractivity (Wildman–Crippen MR) is 93.4 cm³/mol. The molecule has 2 aromatic rings. The Morgan fingerprint density at radius 1 is 1.52 bits per heavy atom. The molecule has 8 nitrogen and oxygen atoms in total. The molecule has 2 atom stereocenters. The van der Waals surface area contributed by atoms with Crippen molar-refractivity contribution in [1.82, 2.24) is 20.0 Å². The molecule has 0 saturated carbocycles. The highest BCUT2D eigenvalue weighted by Gasteiger charge is 2.19. The number of hydrogen-bond donors (Lipinski definition) is 2. The Morgan fingerprint density at radius 2 is 2.40 bits per heavy atom. The van der Waals surface area contributed by atoms with E-state index in [0.717, 1.165) is 25.2 Å². The first kappa shape index (κ1) is 17.5. The number of carbonyl (C=O) groups is 1. The monoisotopic (exact) mass is 347 g/mol. The van der Waals surface area contributed by atoms with Crippen LogP contribution in [0.5, 0.6) is 0 Å². The maximum absolute atomic E-state index is 12.1. The second-order valence-electron chi connectivity index (χ2n) is 6.42. The van der Waals surface area contributed by atoms with E-state index in [4.69, 9.17) is 9.15 Å². The predicted octanol–water partition coefficient (Wildman–Crippen LogP) is 2.08. The molecule has 2 amide bonds. The average molecular weight is 347 g/mol. The van der Waals surface area contributed by atoms with Gasteiger partial charge >= 0.3 is 6.03 Å². The number of furan rings is 1. The lowest BCUT2D eigenvalue weighted by Crippen LogP contribution is -2.36. The number of ether oxygens (including phenoxy) is 1. The highest BCUT2D eigenvalue weighted by Crippen LogP contribution is 2.18. The normalized spacial score (nSPS) is 18.4. The van der Waals surface area contributed by atoms with Crippen LogP contribution < -0.4 is 10.6 Å². The van der Waals surface area contributed by atoms with Crippen molar-refractivity contribution in [2.45, 2.75) is 31.5 Å². The van der Waals surface area contributed by atoms with Gasteiger partial charge in [-0.2, -0.15) is 5.10 Å². The van der Waals surface area contributed by atoms with Gasteiger partial charge in [-0.1, -0.05) is 0 Å². The van der Waals surface area contributed by atoms with E-state index in [-0.39, 0.29) is 18.2 Å². The van der Waals surface area contributed by atoms with E-state index >= 15 is 0 Å². The number of nitrogens with zero attached hydrogens (tertiary/aromatic N) is 3. The molecule has 136 valence electrons. The van der Waals surface area contributed by atoms with Crippen LogP contribution in [0.1, 0.15) is 24.6 Å². The Morgan fingerprint density at radius 3 is 3.08 bits per heavy atom. The minimum absolute atomic E-state index is 0.0250. The number of aromatic nitrogens is 2. The lowest BCUT2D eigenvalue weighted by molar-refractivity contribution is 0.0940. The van der Waals surface area contributed by atoms with Crippen LogP contribution >= 0.6 is 0 Å². The summed E-state index contributed by atoms with van der Waals surface area (Å²) >= 11 is 0. The number of amides is 2. The fourth-order valence-electron chi connectivity index (χ4n) is 2.91. The lowest BCUT2D eigenvalue weighted by Gasteiger charge is -2.22. The molecule has 0 aliphatic carbocycles. The highest BCUT2D eigenvalue weighted by atomic mass is 16.5. The first-order chi connectivity index (χ1) is 12.1. The second-order valence-corrected chi connectivity index (χ2v) is 6.42. The number of carbonyl (C=O) groups excluding carboxylic acids is 1. The Balaban J connectivity index is 1.48. The third-order valence-electron chi connectivity index (χ3n) is 4.26. The zero-order valence-electron chi connectivity index (χ0n) is 14.6. The summed E-state index contributed by atoms with van der Waals surface area (Å²) in [4.78, 5) is 14.1. The largest absolute Gasteiger partial charge is 0.468 e. The molecule has 0 bridgehead atoms. The summed E-state index contributed by atoms with van der Waals surface area (Å²) in [6.45, 7) is 1.98. The summed E-state index contributed by atoms with van der Waals surface area (Å²) in [5, 5.41) is 9.94. The number of rotatable bonds is 7. The summed E-state index contributed by atoms with van der Waals surface area (Å²) in [5.74, 6) is 0.815. The summed E-state index contributed by atoms with van der Waals surface area (Å²) in [5.41, 5.74) is 0.662. The second kappa shape index (κ2) is 8.17. The third kappa shape index (κ3) is 4.83. The van der Waals surface area contributed by atoms with E-state index in [1.807, 2.05) is 37.3 Å². The Labute approximate surface area is 147 Å². The van der Waals surface area contributed by atoms with Crippen molar-refractivity contribution in [3.05, 3.63) is 36.5 Å². The van der Waals surface area contributed by atoms with E-state index in [9.17, 15) is 4.79 Å². The minimum atomic E-state index is -0.268. The highest BCUT2D eigenvalue weighted by molar-refractivity contribution is 5.88. The van der Waals surface area contributed by atoms with Crippen LogP contribution in [0.3, 0.4) is 0 Å². The maximum atomic E-state index is 12.1. The molecule has 1 fully saturated rings. The number of likely N-dealkylation sites (N-methyl/N-ethyl adjacent to an activating group) is 1. The Kier molecular flexibility index (Phi) is 5.72. The van der Waals surface area contributed by atoms with Gasteiger partial charge in [0.1, 0.15) is 5.76 Å². The fraction of sp³-hybridized carbons (Fsp3) is 0.529. The smallest absolute Gasteiger partial charge is 0.319 e. The van der Waals surface area contributed by atoms with Crippen molar-refractivity contribution in [1.29, 1.82) is 0 Å². The zero-order valence-corrected chi connectivity index (χ0v) is 14.6. The first-order valence-electron chi connectivity index (χ1n) is 8.50. The molecule has 0 spiro atoms. The number of urea groups is 1. The minimum Gasteiger partial charge on any atom is -0.468 e. The van der Waals surface area contributed by atoms with Crippen molar-refractivity contribution in [2.75, 3.05) is 32.6 Å². The first-order valence-corrected chi connectivity index (χ1v) is 8.50. The number of nitrogens with one attached hydrogen (secondary N) is 2. The third-order valence-corrected chi connectivity index (χ3v) is 4.26. The Hall–Kier alpha value is -2.32. The van der Waals surface area contributed by atoms with Gasteiger partial charge in [-0.05, 0) is 39.1 Å². The molecule has 25 heavy (non-hydrogen) atoms. The quantitative estimate of drug-likeness (QED) is 0.801. The average Bonchev–Trinajstić information content (AvgIpc) is 3.31. The molecule has 0 unspecified atom stereocenters. The van der Waals surface area contributed by atoms with E-state index in [2.05, 4.69) is 15.7 Å². The molecule has 3 rings (SSSR count). The molecule has 1 aliphatic heterocycles. The van der Waals surface area contributed by atoms with Crippen molar-refractivity contribution in [2.24, 2.45) is 0 Å². The number of hydrogen-bond acceptors (Lipinski definition) is 5. The van der Waals surface area contributed by atoms with Crippen LogP contribution in [-0.4, -0.2) is 54.1 Å². The van der Waals surface area contributed by atoms with Crippen molar-refractivity contribution in [3.63, 3.8) is 0 Å². The van der Waals surface area contributed by atoms with Gasteiger partial charge in [0.15, 0.2) is 0 Å². The van der Waals surface area contributed by atoms with Crippen LogP contribution in [0.2, 0.25) is 0 Å². The maximum Gasteiger partial charge on any atom is 0.319 e. The molecular weight excluding hydrogens is 322 g/mol. The summed E-state index contributed by atoms with van der Waals surface area (Å²) < 4.78 is 12.8. The van der Waals surface area contributed by atoms with Crippen molar-refractivity contribution >= 4 is 11.7 Å². The van der Waals surface area contributed by atoms with Gasteiger partial charge in [0.05, 0.1) is 36.8 Å². The van der Waals surface area contributed by atoms with Gasteiger partial charge in [-0.15, -0.1) is 0 Å². The van der Waals surface area contributed by atoms with Crippen molar-refractivity contribution < 1.29 is 13.9 Å². The zero-order chi connectivity index (χ0) is 17.6. The van der Waals surface area contributed by atoms with Crippen LogP contribution in [0, 0.1) is 0 Å². The number of anilines is 1. The lowest BCUT2D eigenvalue weighted by atomic mass is 10.2. The standard InChI is InChI=1S/C17H25N5O3/c1-21(2)15(16-6-4-8-25-16)10-18-17(23)20-13-9-19-22(11-13)12-14-5-3-7-24-14/h4,6,8-9,11,14-15H,3,5,7,10,12H2,1-2H3,(H2,18,20,23)/t14-,15-/m0/s1. The molecule has 1 saturated heterocycles. The molecule has 8 heteroatoms. The van der Waals surface area contributed by atoms with E-state index in [1.54, 1.807) is 17.1 Å². The molecular formula is C17H25N5O3. The SMILES string of the molecule is CN(C)[C@@H](CNC(=O)Nc1cnn(C[C@@H]2CCCO2)c1)c1ccco1. The van der Waals surface area contributed by atoms with E-state index < -0.39 is 0 Å². The molecule has 3 heterocycles. The van der Waals surface area contributed by atoms with Gasteiger partial charge < -0.3 is 19.8 Å². The molecule has 2 aromatic heterocycles. The Bertz CT molecular complexity index is 662. The molecule has 0 radical (unpaired) electrons.